The van der Waals surface area contributed by atoms with E-state index in [1.54, 1.807) is 30.5 Å². The van der Waals surface area contributed by atoms with Crippen molar-refractivity contribution in [2.24, 2.45) is 5.92 Å². The van der Waals surface area contributed by atoms with Crippen LogP contribution in [0.25, 0.3) is 17.6 Å². The van der Waals surface area contributed by atoms with Gasteiger partial charge in [0.2, 0.25) is 11.7 Å². The van der Waals surface area contributed by atoms with Crippen LogP contribution in [0, 0.1) is 5.92 Å². The monoisotopic (exact) mass is 420 g/mol. The summed E-state index contributed by atoms with van der Waals surface area (Å²) in [5, 5.41) is 6.50. The van der Waals surface area contributed by atoms with E-state index in [9.17, 15) is 14.4 Å². The Hall–Kier alpha value is -3.81. The number of ketones is 1. The average Bonchev–Trinajstić information content (AvgIpc) is 3.13. The first-order chi connectivity index (χ1) is 14.9. The zero-order chi connectivity index (χ0) is 22.2. The van der Waals surface area contributed by atoms with Crippen molar-refractivity contribution in [1.29, 1.82) is 0 Å². The summed E-state index contributed by atoms with van der Waals surface area (Å²) < 4.78 is 5.88. The maximum Gasteiger partial charge on any atom is 0.442 e. The second kappa shape index (κ2) is 10.3. The number of hydrogen-bond acceptors (Lipinski definition) is 6. The smallest absolute Gasteiger partial charge is 0.343 e. The van der Waals surface area contributed by atoms with Gasteiger partial charge in [-0.25, -0.2) is 9.36 Å². The van der Waals surface area contributed by atoms with Crippen molar-refractivity contribution < 1.29 is 14.1 Å². The summed E-state index contributed by atoms with van der Waals surface area (Å²) in [5.41, 5.74) is 1.29. The third kappa shape index (κ3) is 6.08. The number of carbonyl (C=O) groups excluding carboxylic acids is 2. The van der Waals surface area contributed by atoms with E-state index in [-0.39, 0.29) is 30.0 Å². The Morgan fingerprint density at radius 2 is 1.87 bits per heavy atom. The molecule has 0 aliphatic heterocycles. The first-order valence-corrected chi connectivity index (χ1v) is 9.98. The maximum absolute atomic E-state index is 13.0. The number of Topliss-reactive ketones (excluding diaryl/α,β-unsaturated/α-hetero) is 1. The van der Waals surface area contributed by atoms with E-state index in [0.29, 0.717) is 12.1 Å². The summed E-state index contributed by atoms with van der Waals surface area (Å²) >= 11 is 0. The highest BCUT2D eigenvalue weighted by atomic mass is 16.5. The molecule has 160 valence electrons. The molecule has 1 N–H and O–H groups in total. The summed E-state index contributed by atoms with van der Waals surface area (Å²) in [6.45, 7) is 3.63. The molecule has 0 fully saturated rings. The fraction of sp³-hybridized carbons (Fsp3) is 0.261. The highest BCUT2D eigenvalue weighted by molar-refractivity contribution is 5.96. The van der Waals surface area contributed by atoms with Gasteiger partial charge in [0.05, 0.1) is 12.6 Å². The highest BCUT2D eigenvalue weighted by Crippen LogP contribution is 2.13. The predicted octanol–water partition coefficient (Wildman–Crippen LogP) is 2.71. The van der Waals surface area contributed by atoms with Gasteiger partial charge in [0.15, 0.2) is 5.78 Å². The van der Waals surface area contributed by atoms with E-state index in [1.165, 1.54) is 6.08 Å². The van der Waals surface area contributed by atoms with Gasteiger partial charge >= 0.3 is 5.76 Å². The quantitative estimate of drug-likeness (QED) is 0.534. The molecule has 2 aromatic heterocycles. The van der Waals surface area contributed by atoms with Crippen LogP contribution in [-0.4, -0.2) is 32.4 Å². The first kappa shape index (κ1) is 21.9. The molecule has 3 rings (SSSR count). The zero-order valence-electron chi connectivity index (χ0n) is 17.4. The molecule has 0 saturated carbocycles. The molecule has 0 saturated heterocycles. The van der Waals surface area contributed by atoms with E-state index >= 15 is 0 Å². The number of carbonyl (C=O) groups is 2. The van der Waals surface area contributed by atoms with Crippen molar-refractivity contribution in [3.63, 3.8) is 0 Å². The van der Waals surface area contributed by atoms with Crippen LogP contribution in [0.4, 0.5) is 0 Å². The Morgan fingerprint density at radius 1 is 1.13 bits per heavy atom. The van der Waals surface area contributed by atoms with Gasteiger partial charge in [0, 0.05) is 12.3 Å². The van der Waals surface area contributed by atoms with Crippen LogP contribution in [0.15, 0.2) is 70.1 Å². The number of aromatic nitrogens is 3. The number of rotatable bonds is 9. The van der Waals surface area contributed by atoms with Gasteiger partial charge in [-0.15, -0.1) is 0 Å². The lowest BCUT2D eigenvalue weighted by Crippen LogP contribution is -2.43. The number of benzene rings is 1. The molecule has 0 spiro atoms. The number of nitrogens with zero attached hydrogens (tertiary/aromatic N) is 3. The van der Waals surface area contributed by atoms with Crippen LogP contribution in [0.3, 0.4) is 0 Å². The molecule has 0 unspecified atom stereocenters. The van der Waals surface area contributed by atoms with E-state index in [1.807, 2.05) is 44.2 Å². The Balaban J connectivity index is 1.75. The summed E-state index contributed by atoms with van der Waals surface area (Å²) in [5.74, 6) is -1.14. The first-order valence-electron chi connectivity index (χ1n) is 9.98. The summed E-state index contributed by atoms with van der Waals surface area (Å²) in [4.78, 5) is 41.7. The van der Waals surface area contributed by atoms with Crippen molar-refractivity contribution in [3.8, 4) is 11.5 Å². The van der Waals surface area contributed by atoms with Gasteiger partial charge in [-0.05, 0) is 36.1 Å². The number of hydrogen-bond donors (Lipinski definition) is 1. The lowest BCUT2D eigenvalue weighted by atomic mass is 10.00. The number of nitrogens with one attached hydrogen (secondary N) is 1. The second-order valence-electron chi connectivity index (χ2n) is 7.47. The molecule has 2 heterocycles. The van der Waals surface area contributed by atoms with Crippen LogP contribution in [0.2, 0.25) is 0 Å². The zero-order valence-corrected chi connectivity index (χ0v) is 17.4. The normalized spacial score (nSPS) is 12.2. The SMILES string of the molecule is CC(C)C[C@H](NC(=O)/C=C/c1ccccc1)C(=O)Cn1c(-c2ccccn2)noc1=O. The summed E-state index contributed by atoms with van der Waals surface area (Å²) in [7, 11) is 0. The molecule has 1 amide bonds. The molecule has 1 aromatic carbocycles. The minimum atomic E-state index is -0.758. The minimum Gasteiger partial charge on any atom is -0.343 e. The number of pyridine rings is 1. The Kier molecular flexibility index (Phi) is 7.26. The van der Waals surface area contributed by atoms with Crippen LogP contribution in [-0.2, 0) is 16.1 Å². The molecule has 3 aromatic rings. The number of amides is 1. The average molecular weight is 420 g/mol. The summed E-state index contributed by atoms with van der Waals surface area (Å²) in [6.07, 6.45) is 5.06. The van der Waals surface area contributed by atoms with Crippen LogP contribution >= 0.6 is 0 Å². The van der Waals surface area contributed by atoms with Crippen LogP contribution < -0.4 is 11.1 Å². The fourth-order valence-electron chi connectivity index (χ4n) is 3.05. The van der Waals surface area contributed by atoms with Crippen molar-refractivity contribution in [2.45, 2.75) is 32.9 Å². The molecule has 0 aliphatic carbocycles. The van der Waals surface area contributed by atoms with Crippen molar-refractivity contribution in [3.05, 3.63) is 76.9 Å². The van der Waals surface area contributed by atoms with Gasteiger partial charge in [0.1, 0.15) is 5.69 Å². The van der Waals surface area contributed by atoms with Gasteiger partial charge < -0.3 is 5.32 Å². The summed E-state index contributed by atoms with van der Waals surface area (Å²) in [6, 6.07) is 13.8. The van der Waals surface area contributed by atoms with Crippen LogP contribution in [0.5, 0.6) is 0 Å². The van der Waals surface area contributed by atoms with Crippen LogP contribution in [0.1, 0.15) is 25.8 Å². The third-order valence-electron chi connectivity index (χ3n) is 4.53. The molecule has 31 heavy (non-hydrogen) atoms. The molecule has 0 bridgehead atoms. The molecular weight excluding hydrogens is 396 g/mol. The van der Waals surface area contributed by atoms with Gasteiger partial charge in [-0.3, -0.25) is 19.1 Å². The molecule has 0 radical (unpaired) electrons. The minimum absolute atomic E-state index is 0.154. The van der Waals surface area contributed by atoms with Gasteiger partial charge in [-0.1, -0.05) is 55.4 Å². The largest absolute Gasteiger partial charge is 0.442 e. The fourth-order valence-corrected chi connectivity index (χ4v) is 3.05. The highest BCUT2D eigenvalue weighted by Gasteiger charge is 2.24. The Bertz CT molecular complexity index is 1100. The van der Waals surface area contributed by atoms with E-state index in [2.05, 4.69) is 15.5 Å². The molecule has 8 heteroatoms. The standard InChI is InChI=1S/C23H24N4O4/c1-16(2)14-19(25-21(29)12-11-17-8-4-3-5-9-17)20(28)15-27-22(26-31-23(27)30)18-10-6-7-13-24-18/h3-13,16,19H,14-15H2,1-2H3,(H,25,29)/b12-11+/t19-/m0/s1. The Morgan fingerprint density at radius 3 is 2.55 bits per heavy atom. The van der Waals surface area contributed by atoms with Gasteiger partial charge in [0.25, 0.3) is 0 Å². The van der Waals surface area contributed by atoms with E-state index < -0.39 is 11.8 Å². The maximum atomic E-state index is 13.0. The lowest BCUT2D eigenvalue weighted by molar-refractivity contribution is -0.126. The molecule has 8 nitrogen and oxygen atoms in total. The van der Waals surface area contributed by atoms with Crippen molar-refractivity contribution >= 4 is 17.8 Å². The van der Waals surface area contributed by atoms with E-state index in [4.69, 9.17) is 4.52 Å². The Labute approximate surface area is 179 Å². The van der Waals surface area contributed by atoms with Crippen molar-refractivity contribution in [1.82, 2.24) is 20.0 Å². The molecular formula is C23H24N4O4. The molecule has 0 aliphatic rings. The van der Waals surface area contributed by atoms with Crippen molar-refractivity contribution in [2.75, 3.05) is 0 Å². The van der Waals surface area contributed by atoms with E-state index in [0.717, 1.165) is 10.1 Å². The van der Waals surface area contributed by atoms with Gasteiger partial charge in [-0.2, -0.15) is 0 Å². The predicted molar refractivity (Wildman–Crippen MR) is 116 cm³/mol. The second-order valence-corrected chi connectivity index (χ2v) is 7.47. The third-order valence-corrected chi connectivity index (χ3v) is 4.53. The molecule has 1 atom stereocenters. The topological polar surface area (TPSA) is 107 Å². The lowest BCUT2D eigenvalue weighted by Gasteiger charge is -2.19.